The fourth-order valence-electron chi connectivity index (χ4n) is 5.46. The van der Waals surface area contributed by atoms with Crippen molar-refractivity contribution in [3.8, 4) is 5.75 Å². The predicted molar refractivity (Wildman–Crippen MR) is 132 cm³/mol. The number of likely N-dealkylation sites (tertiary alicyclic amines) is 1. The molecular formula is C27H28N2O5S. The molecule has 3 heterocycles. The first-order valence-corrected chi connectivity index (χ1v) is 12.7. The molecular weight excluding hydrogens is 464 g/mol. The first-order valence-electron chi connectivity index (χ1n) is 11.8. The lowest BCUT2D eigenvalue weighted by molar-refractivity contribution is -0.152. The van der Waals surface area contributed by atoms with E-state index in [4.69, 9.17) is 9.47 Å². The molecule has 0 aliphatic carbocycles. The van der Waals surface area contributed by atoms with Gasteiger partial charge in [-0.2, -0.15) is 0 Å². The third-order valence-corrected chi connectivity index (χ3v) is 8.75. The van der Waals surface area contributed by atoms with Crippen molar-refractivity contribution < 1.29 is 23.9 Å². The number of nitrogens with zero attached hydrogens (tertiary/aromatic N) is 1. The van der Waals surface area contributed by atoms with Crippen molar-refractivity contribution in [2.75, 3.05) is 13.7 Å². The highest BCUT2D eigenvalue weighted by Crippen LogP contribution is 2.63. The van der Waals surface area contributed by atoms with Crippen molar-refractivity contribution in [1.82, 2.24) is 10.2 Å². The summed E-state index contributed by atoms with van der Waals surface area (Å²) in [5, 5.41) is 2.87. The van der Waals surface area contributed by atoms with Gasteiger partial charge in [-0.25, -0.2) is 0 Å². The molecule has 8 heteroatoms. The first kappa shape index (κ1) is 23.5. The molecule has 2 saturated heterocycles. The van der Waals surface area contributed by atoms with Gasteiger partial charge in [0.2, 0.25) is 11.8 Å². The first-order chi connectivity index (χ1) is 17.0. The van der Waals surface area contributed by atoms with E-state index in [1.807, 2.05) is 66.7 Å². The monoisotopic (exact) mass is 492 g/mol. The van der Waals surface area contributed by atoms with Crippen LogP contribution < -0.4 is 10.1 Å². The summed E-state index contributed by atoms with van der Waals surface area (Å²) in [6.45, 7) is 2.64. The predicted octanol–water partition coefficient (Wildman–Crippen LogP) is 2.94. The van der Waals surface area contributed by atoms with Gasteiger partial charge >= 0.3 is 5.97 Å². The summed E-state index contributed by atoms with van der Waals surface area (Å²) in [5.74, 6) is -1.29. The number of amides is 2. The Labute approximate surface area is 208 Å². The number of hydrogen-bond acceptors (Lipinski definition) is 6. The van der Waals surface area contributed by atoms with Crippen LogP contribution in [-0.2, 0) is 32.2 Å². The molecule has 5 rings (SSSR count). The van der Waals surface area contributed by atoms with Crippen LogP contribution in [-0.4, -0.2) is 52.4 Å². The van der Waals surface area contributed by atoms with Gasteiger partial charge in [0.15, 0.2) is 0 Å². The molecule has 7 nitrogen and oxygen atoms in total. The number of fused-ring (bicyclic) bond motifs is 1. The molecule has 3 aliphatic rings. The Balaban J connectivity index is 1.47. The van der Waals surface area contributed by atoms with Crippen LogP contribution >= 0.6 is 11.8 Å². The topological polar surface area (TPSA) is 84.9 Å². The Morgan fingerprint density at radius 3 is 2.51 bits per heavy atom. The molecule has 0 radical (unpaired) electrons. The molecule has 0 saturated carbocycles. The number of esters is 1. The molecule has 3 aliphatic heterocycles. The average Bonchev–Trinajstić information content (AvgIpc) is 3.51. The number of methoxy groups -OCH3 is 1. The molecule has 0 unspecified atom stereocenters. The number of nitrogens with one attached hydrogen (secondary N) is 1. The van der Waals surface area contributed by atoms with E-state index in [9.17, 15) is 14.4 Å². The lowest BCUT2D eigenvalue weighted by Crippen LogP contribution is -2.52. The van der Waals surface area contributed by atoms with Gasteiger partial charge in [-0.15, -0.1) is 11.8 Å². The fraction of sp³-hybridized carbons (Fsp3) is 0.370. The zero-order chi connectivity index (χ0) is 24.6. The van der Waals surface area contributed by atoms with Gasteiger partial charge in [0.1, 0.15) is 11.8 Å². The number of thioether (sulfide) groups is 1. The summed E-state index contributed by atoms with van der Waals surface area (Å²) in [7, 11) is 1.60. The van der Waals surface area contributed by atoms with Gasteiger partial charge in [0.25, 0.3) is 0 Å². The fourth-order valence-corrected chi connectivity index (χ4v) is 7.41. The molecule has 182 valence electrons. The summed E-state index contributed by atoms with van der Waals surface area (Å²) < 4.78 is 9.79. The lowest BCUT2D eigenvalue weighted by Gasteiger charge is -2.32. The van der Waals surface area contributed by atoms with Crippen LogP contribution in [0.1, 0.15) is 18.1 Å². The van der Waals surface area contributed by atoms with Crippen LogP contribution in [0.25, 0.3) is 0 Å². The van der Waals surface area contributed by atoms with E-state index >= 15 is 0 Å². The summed E-state index contributed by atoms with van der Waals surface area (Å²) in [6, 6.07) is 16.4. The largest absolute Gasteiger partial charge is 0.497 e. The van der Waals surface area contributed by atoms with Crippen LogP contribution in [0.4, 0.5) is 0 Å². The smallest absolute Gasteiger partial charge is 0.311 e. The maximum atomic E-state index is 13.9. The molecule has 0 aromatic heterocycles. The molecule has 5 atom stereocenters. The number of carbonyl (C=O) groups excluding carboxylic acids is 3. The quantitative estimate of drug-likeness (QED) is 0.451. The summed E-state index contributed by atoms with van der Waals surface area (Å²) >= 11 is 1.54. The maximum absolute atomic E-state index is 13.9. The minimum atomic E-state index is -0.799. The van der Waals surface area contributed by atoms with E-state index < -0.39 is 22.6 Å². The van der Waals surface area contributed by atoms with Crippen LogP contribution in [0.2, 0.25) is 0 Å². The number of ether oxygens (including phenoxy) is 2. The van der Waals surface area contributed by atoms with Crippen LogP contribution in [0.3, 0.4) is 0 Å². The zero-order valence-electron chi connectivity index (χ0n) is 19.7. The van der Waals surface area contributed by atoms with Gasteiger partial charge in [-0.3, -0.25) is 14.4 Å². The maximum Gasteiger partial charge on any atom is 0.311 e. The third kappa shape index (κ3) is 3.99. The van der Waals surface area contributed by atoms with Crippen molar-refractivity contribution in [2.45, 2.75) is 36.1 Å². The second kappa shape index (κ2) is 9.41. The van der Waals surface area contributed by atoms with Crippen LogP contribution in [0.5, 0.6) is 5.75 Å². The van der Waals surface area contributed by atoms with E-state index in [1.54, 1.807) is 18.9 Å². The number of rotatable bonds is 8. The number of benzene rings is 2. The van der Waals surface area contributed by atoms with Gasteiger partial charge in [0, 0.05) is 18.3 Å². The summed E-state index contributed by atoms with van der Waals surface area (Å²) in [6.07, 6.45) is 3.94. The Morgan fingerprint density at radius 2 is 1.83 bits per heavy atom. The van der Waals surface area contributed by atoms with Gasteiger partial charge in [0.05, 0.1) is 30.3 Å². The number of carbonyl (C=O) groups is 3. The molecule has 2 bridgehead atoms. The van der Waals surface area contributed by atoms with Gasteiger partial charge in [-0.1, -0.05) is 54.6 Å². The van der Waals surface area contributed by atoms with E-state index in [0.29, 0.717) is 12.3 Å². The minimum Gasteiger partial charge on any atom is -0.497 e. The van der Waals surface area contributed by atoms with E-state index in [1.165, 1.54) is 11.8 Å². The summed E-state index contributed by atoms with van der Waals surface area (Å²) in [4.78, 5) is 42.1. The van der Waals surface area contributed by atoms with Crippen molar-refractivity contribution in [3.63, 3.8) is 0 Å². The van der Waals surface area contributed by atoms with E-state index in [0.717, 1.165) is 11.1 Å². The molecule has 1 spiro atoms. The SMILES string of the molecule is CCOC(=O)[C@@H]1[C@@H]2C=C[C@@]3(S2)[C@H]1C(=O)N(Cc1ccc(OC)cc1)[C@@H]3C(=O)NCc1ccccc1. The van der Waals surface area contributed by atoms with Gasteiger partial charge in [-0.05, 0) is 30.2 Å². The Hall–Kier alpha value is -3.26. The number of hydrogen-bond donors (Lipinski definition) is 1. The Bertz CT molecular complexity index is 1150. The summed E-state index contributed by atoms with van der Waals surface area (Å²) in [5.41, 5.74) is 1.86. The van der Waals surface area contributed by atoms with Crippen molar-refractivity contribution in [3.05, 3.63) is 77.9 Å². The Kier molecular flexibility index (Phi) is 6.32. The van der Waals surface area contributed by atoms with Crippen molar-refractivity contribution >= 4 is 29.5 Å². The Morgan fingerprint density at radius 1 is 1.09 bits per heavy atom. The molecule has 35 heavy (non-hydrogen) atoms. The second-order valence-corrected chi connectivity index (χ2v) is 10.5. The van der Waals surface area contributed by atoms with Crippen molar-refractivity contribution in [2.24, 2.45) is 11.8 Å². The standard InChI is InChI=1S/C27H28N2O5S/c1-3-34-26(32)21-20-13-14-27(35-20)22(21)25(31)29(16-18-9-11-19(33-2)12-10-18)23(27)24(30)28-15-17-7-5-4-6-8-17/h4-14,20-23H,3,15-16H2,1-2H3,(H,28,30)/t20-,21+,22+,23+,27+/m0/s1. The van der Waals surface area contributed by atoms with Crippen molar-refractivity contribution in [1.29, 1.82) is 0 Å². The molecule has 2 fully saturated rings. The van der Waals surface area contributed by atoms with E-state index in [2.05, 4.69) is 5.32 Å². The minimum absolute atomic E-state index is 0.171. The molecule has 2 aromatic rings. The highest BCUT2D eigenvalue weighted by atomic mass is 32.2. The highest BCUT2D eigenvalue weighted by molar-refractivity contribution is 8.02. The van der Waals surface area contributed by atoms with Crippen LogP contribution in [0, 0.1) is 11.8 Å². The average molecular weight is 493 g/mol. The normalized spacial score (nSPS) is 28.2. The molecule has 2 aromatic carbocycles. The second-order valence-electron chi connectivity index (χ2n) is 8.97. The highest BCUT2D eigenvalue weighted by Gasteiger charge is 2.72. The zero-order valence-corrected chi connectivity index (χ0v) is 20.5. The van der Waals surface area contributed by atoms with Gasteiger partial charge < -0.3 is 19.7 Å². The van der Waals surface area contributed by atoms with Crippen LogP contribution in [0.15, 0.2) is 66.7 Å². The van der Waals surface area contributed by atoms with E-state index in [-0.39, 0.29) is 36.2 Å². The molecule has 1 N–H and O–H groups in total. The molecule has 2 amide bonds. The third-order valence-electron chi connectivity index (χ3n) is 7.00. The lowest BCUT2D eigenvalue weighted by atomic mass is 9.75.